The van der Waals surface area contributed by atoms with Gasteiger partial charge in [0.15, 0.2) is 0 Å². The van der Waals surface area contributed by atoms with Crippen molar-refractivity contribution in [1.82, 2.24) is 20.4 Å². The molecule has 2 rings (SSSR count). The van der Waals surface area contributed by atoms with Crippen LogP contribution in [0, 0.1) is 5.92 Å². The van der Waals surface area contributed by atoms with Crippen LogP contribution in [0.3, 0.4) is 0 Å². The Bertz CT molecular complexity index is 297. The van der Waals surface area contributed by atoms with Crippen LogP contribution >= 0.6 is 0 Å². The van der Waals surface area contributed by atoms with Gasteiger partial charge in [-0.2, -0.15) is 0 Å². The van der Waals surface area contributed by atoms with Crippen LogP contribution in [-0.2, 0) is 4.79 Å². The van der Waals surface area contributed by atoms with E-state index in [-0.39, 0.29) is 5.91 Å². The van der Waals surface area contributed by atoms with Crippen molar-refractivity contribution in [3.05, 3.63) is 0 Å². The summed E-state index contributed by atoms with van der Waals surface area (Å²) in [5.74, 6) is 0.825. The summed E-state index contributed by atoms with van der Waals surface area (Å²) in [6, 6.07) is 0.313. The Morgan fingerprint density at radius 3 is 2.79 bits per heavy atom. The van der Waals surface area contributed by atoms with E-state index in [1.165, 1.54) is 19.4 Å². The zero-order chi connectivity index (χ0) is 13.7. The van der Waals surface area contributed by atoms with Crippen LogP contribution in [0.15, 0.2) is 0 Å². The number of likely N-dealkylation sites (N-methyl/N-ethyl adjacent to an activating group) is 1. The molecule has 2 aliphatic heterocycles. The molecule has 0 aromatic rings. The van der Waals surface area contributed by atoms with E-state index >= 15 is 0 Å². The Morgan fingerprint density at radius 2 is 2.05 bits per heavy atom. The van der Waals surface area contributed by atoms with Crippen molar-refractivity contribution in [1.29, 1.82) is 0 Å². The molecule has 2 atom stereocenters. The molecule has 5 nitrogen and oxygen atoms in total. The lowest BCUT2D eigenvalue weighted by molar-refractivity contribution is -0.122. The predicted molar refractivity (Wildman–Crippen MR) is 77.1 cm³/mol. The second-order valence-electron chi connectivity index (χ2n) is 6.19. The van der Waals surface area contributed by atoms with Gasteiger partial charge in [-0.3, -0.25) is 4.79 Å². The zero-order valence-electron chi connectivity index (χ0n) is 12.3. The topological polar surface area (TPSA) is 47.6 Å². The number of nitrogens with zero attached hydrogens (tertiary/aromatic N) is 2. The van der Waals surface area contributed by atoms with Crippen molar-refractivity contribution in [2.75, 3.05) is 53.4 Å². The lowest BCUT2D eigenvalue weighted by atomic mass is 9.98. The van der Waals surface area contributed by atoms with Gasteiger partial charge in [0, 0.05) is 45.2 Å². The lowest BCUT2D eigenvalue weighted by Gasteiger charge is -2.31. The highest BCUT2D eigenvalue weighted by Gasteiger charge is 2.21. The first-order valence-electron chi connectivity index (χ1n) is 7.50. The van der Waals surface area contributed by atoms with Gasteiger partial charge in [0.05, 0.1) is 0 Å². The Kier molecular flexibility index (Phi) is 5.60. The third-order valence-electron chi connectivity index (χ3n) is 4.20. The molecule has 2 saturated heterocycles. The van der Waals surface area contributed by atoms with Crippen molar-refractivity contribution < 1.29 is 4.79 Å². The molecular weight excluding hydrogens is 240 g/mol. The molecule has 0 spiro atoms. The number of hydrogen-bond acceptors (Lipinski definition) is 4. The molecular formula is C14H28N4O. The maximum absolute atomic E-state index is 12.0. The number of piperidine rings is 1. The molecule has 0 radical (unpaired) electrons. The summed E-state index contributed by atoms with van der Waals surface area (Å²) in [5.41, 5.74) is 0. The first-order valence-corrected chi connectivity index (χ1v) is 7.50. The second kappa shape index (κ2) is 7.22. The highest BCUT2D eigenvalue weighted by atomic mass is 16.1. The van der Waals surface area contributed by atoms with E-state index in [1.807, 2.05) is 0 Å². The molecule has 2 N–H and O–H groups in total. The van der Waals surface area contributed by atoms with Gasteiger partial charge >= 0.3 is 0 Å². The summed E-state index contributed by atoms with van der Waals surface area (Å²) >= 11 is 0. The third-order valence-corrected chi connectivity index (χ3v) is 4.20. The fourth-order valence-corrected chi connectivity index (χ4v) is 3.12. The number of carbonyl (C=O) groups excluding carboxylic acids is 1. The first-order chi connectivity index (χ1) is 9.13. The minimum Gasteiger partial charge on any atom is -0.356 e. The number of nitrogens with one attached hydrogen (secondary N) is 2. The second-order valence-corrected chi connectivity index (χ2v) is 6.19. The van der Waals surface area contributed by atoms with E-state index in [1.54, 1.807) is 0 Å². The van der Waals surface area contributed by atoms with Gasteiger partial charge in [0.1, 0.15) is 0 Å². The fourth-order valence-electron chi connectivity index (χ4n) is 3.12. The molecule has 110 valence electrons. The van der Waals surface area contributed by atoms with Crippen molar-refractivity contribution in [3.63, 3.8) is 0 Å². The molecule has 0 bridgehead atoms. The minimum absolute atomic E-state index is 0.195. The zero-order valence-corrected chi connectivity index (χ0v) is 12.3. The van der Waals surface area contributed by atoms with Crippen LogP contribution in [0.2, 0.25) is 0 Å². The maximum atomic E-state index is 12.0. The predicted octanol–water partition coefficient (Wildman–Crippen LogP) is -0.262. The highest BCUT2D eigenvalue weighted by molar-refractivity contribution is 5.76. The molecule has 1 amide bonds. The van der Waals surface area contributed by atoms with Gasteiger partial charge in [-0.05, 0) is 39.4 Å². The van der Waals surface area contributed by atoms with Crippen LogP contribution in [0.25, 0.3) is 0 Å². The smallest absolute Gasteiger partial charge is 0.221 e. The molecule has 2 unspecified atom stereocenters. The van der Waals surface area contributed by atoms with Gasteiger partial charge in [0.25, 0.3) is 0 Å². The van der Waals surface area contributed by atoms with Gasteiger partial charge in [-0.15, -0.1) is 0 Å². The summed E-state index contributed by atoms with van der Waals surface area (Å²) < 4.78 is 0. The van der Waals surface area contributed by atoms with Crippen molar-refractivity contribution >= 4 is 5.91 Å². The van der Waals surface area contributed by atoms with Crippen molar-refractivity contribution in [2.24, 2.45) is 5.92 Å². The third kappa shape index (κ3) is 5.09. The Balaban J connectivity index is 1.63. The summed E-state index contributed by atoms with van der Waals surface area (Å²) in [7, 11) is 4.28. The van der Waals surface area contributed by atoms with Gasteiger partial charge in [-0.1, -0.05) is 0 Å². The number of carbonyl (C=O) groups is 1. The van der Waals surface area contributed by atoms with Crippen LogP contribution < -0.4 is 10.6 Å². The van der Waals surface area contributed by atoms with E-state index in [9.17, 15) is 4.79 Å². The number of likely N-dealkylation sites (tertiary alicyclic amines) is 1. The Hall–Kier alpha value is -0.650. The van der Waals surface area contributed by atoms with Crippen LogP contribution in [0.4, 0.5) is 0 Å². The Morgan fingerprint density at radius 1 is 1.26 bits per heavy atom. The van der Waals surface area contributed by atoms with E-state index in [2.05, 4.69) is 34.5 Å². The highest BCUT2D eigenvalue weighted by Crippen LogP contribution is 2.13. The molecule has 2 aliphatic rings. The number of hydrogen-bond donors (Lipinski definition) is 2. The van der Waals surface area contributed by atoms with E-state index in [0.29, 0.717) is 18.4 Å². The molecule has 5 heteroatoms. The van der Waals surface area contributed by atoms with Crippen molar-refractivity contribution in [2.45, 2.75) is 25.3 Å². The molecule has 0 aliphatic carbocycles. The largest absolute Gasteiger partial charge is 0.356 e. The van der Waals surface area contributed by atoms with Gasteiger partial charge < -0.3 is 20.4 Å². The van der Waals surface area contributed by atoms with Gasteiger partial charge in [-0.25, -0.2) is 0 Å². The Labute approximate surface area is 116 Å². The van der Waals surface area contributed by atoms with E-state index in [4.69, 9.17) is 0 Å². The monoisotopic (exact) mass is 268 g/mol. The number of rotatable bonds is 4. The normalized spacial score (nSPS) is 30.2. The first kappa shape index (κ1) is 14.8. The molecule has 0 aromatic heterocycles. The molecule has 19 heavy (non-hydrogen) atoms. The van der Waals surface area contributed by atoms with Crippen LogP contribution in [0.5, 0.6) is 0 Å². The summed E-state index contributed by atoms with van der Waals surface area (Å²) in [6.45, 7) is 6.19. The SMILES string of the molecule is CN1CCCC(CNC(=O)CC2CN(C)CCN2)C1. The fraction of sp³-hybridized carbons (Fsp3) is 0.929. The van der Waals surface area contributed by atoms with E-state index < -0.39 is 0 Å². The molecule has 0 aromatic carbocycles. The van der Waals surface area contributed by atoms with Crippen molar-refractivity contribution in [3.8, 4) is 0 Å². The van der Waals surface area contributed by atoms with Crippen LogP contribution in [-0.4, -0.2) is 75.1 Å². The quantitative estimate of drug-likeness (QED) is 0.737. The summed E-state index contributed by atoms with van der Waals surface area (Å²) in [6.07, 6.45) is 3.11. The number of piperazine rings is 1. The maximum Gasteiger partial charge on any atom is 0.221 e. The van der Waals surface area contributed by atoms with Crippen LogP contribution in [0.1, 0.15) is 19.3 Å². The average molecular weight is 268 g/mol. The summed E-state index contributed by atoms with van der Waals surface area (Å²) in [5, 5.41) is 6.53. The lowest BCUT2D eigenvalue weighted by Crippen LogP contribution is -2.51. The van der Waals surface area contributed by atoms with E-state index in [0.717, 1.165) is 32.7 Å². The van der Waals surface area contributed by atoms with Gasteiger partial charge in [0.2, 0.25) is 5.91 Å². The average Bonchev–Trinajstić information content (AvgIpc) is 2.36. The molecule has 2 fully saturated rings. The minimum atomic E-state index is 0.195. The molecule has 0 saturated carbocycles. The number of amides is 1. The standard InChI is InChI=1S/C14H28N4O/c1-17-6-3-4-12(10-17)9-16-14(19)8-13-11-18(2)7-5-15-13/h12-13,15H,3-11H2,1-2H3,(H,16,19). The summed E-state index contributed by atoms with van der Waals surface area (Å²) in [4.78, 5) is 16.6. The molecule has 2 heterocycles.